The van der Waals surface area contributed by atoms with Crippen molar-refractivity contribution in [3.63, 3.8) is 0 Å². The summed E-state index contributed by atoms with van der Waals surface area (Å²) < 4.78 is 11.4. The van der Waals surface area contributed by atoms with Crippen LogP contribution in [-0.4, -0.2) is 7.11 Å². The quantitative estimate of drug-likeness (QED) is 0.568. The van der Waals surface area contributed by atoms with Crippen LogP contribution in [0.4, 0.5) is 5.69 Å². The van der Waals surface area contributed by atoms with E-state index >= 15 is 0 Å². The van der Waals surface area contributed by atoms with Crippen LogP contribution in [0.25, 0.3) is 0 Å². The van der Waals surface area contributed by atoms with Gasteiger partial charge in [-0.2, -0.15) is 0 Å². The van der Waals surface area contributed by atoms with Gasteiger partial charge in [0.2, 0.25) is 0 Å². The minimum atomic E-state index is 0.467. The summed E-state index contributed by atoms with van der Waals surface area (Å²) in [6.07, 6.45) is 0. The van der Waals surface area contributed by atoms with Gasteiger partial charge in [0.05, 0.1) is 7.11 Å². The highest BCUT2D eigenvalue weighted by molar-refractivity contribution is 6.30. The van der Waals surface area contributed by atoms with Gasteiger partial charge in [0.15, 0.2) is 11.5 Å². The molecule has 0 aliphatic carbocycles. The van der Waals surface area contributed by atoms with E-state index in [1.54, 1.807) is 7.11 Å². The molecule has 3 aromatic rings. The Morgan fingerprint density at radius 3 is 2.35 bits per heavy atom. The number of hydrogen-bond donors (Lipinski definition) is 1. The number of benzene rings is 3. The minimum absolute atomic E-state index is 0.467. The number of halogens is 1. The number of rotatable bonds is 7. The number of ether oxygens (including phenoxy) is 2. The zero-order chi connectivity index (χ0) is 18.4. The third kappa shape index (κ3) is 4.70. The second kappa shape index (κ2) is 8.63. The van der Waals surface area contributed by atoms with Crippen LogP contribution in [0.15, 0.2) is 66.7 Å². The average Bonchev–Trinajstić information content (AvgIpc) is 2.67. The predicted molar refractivity (Wildman–Crippen MR) is 107 cm³/mol. The molecule has 3 aromatic carbocycles. The van der Waals surface area contributed by atoms with Crippen LogP contribution in [-0.2, 0) is 13.2 Å². The zero-order valence-corrected chi connectivity index (χ0v) is 15.7. The first-order chi connectivity index (χ1) is 12.7. The van der Waals surface area contributed by atoms with Crippen molar-refractivity contribution in [2.75, 3.05) is 12.4 Å². The van der Waals surface area contributed by atoms with Crippen LogP contribution in [0.3, 0.4) is 0 Å². The van der Waals surface area contributed by atoms with Gasteiger partial charge >= 0.3 is 0 Å². The Balaban J connectivity index is 1.65. The molecule has 0 bridgehead atoms. The van der Waals surface area contributed by atoms with Crippen molar-refractivity contribution in [1.82, 2.24) is 0 Å². The number of anilines is 1. The molecule has 0 aliphatic heterocycles. The molecule has 3 rings (SSSR count). The van der Waals surface area contributed by atoms with Crippen LogP contribution in [0.5, 0.6) is 11.5 Å². The first kappa shape index (κ1) is 18.2. The Labute approximate surface area is 159 Å². The van der Waals surface area contributed by atoms with Crippen LogP contribution < -0.4 is 14.8 Å². The van der Waals surface area contributed by atoms with Crippen LogP contribution in [0, 0.1) is 6.92 Å². The van der Waals surface area contributed by atoms with E-state index in [-0.39, 0.29) is 0 Å². The lowest BCUT2D eigenvalue weighted by atomic mass is 10.1. The Hall–Kier alpha value is -2.65. The average molecular weight is 368 g/mol. The number of para-hydroxylation sites is 1. The van der Waals surface area contributed by atoms with E-state index in [2.05, 4.69) is 24.4 Å². The SMILES string of the molecule is COc1cc(CNc2ccccc2C)ccc1OCc1ccc(Cl)cc1. The fourth-order valence-corrected chi connectivity index (χ4v) is 2.78. The second-order valence-electron chi connectivity index (χ2n) is 6.07. The highest BCUT2D eigenvalue weighted by Gasteiger charge is 2.07. The van der Waals surface area contributed by atoms with Gasteiger partial charge in [0.1, 0.15) is 6.61 Å². The van der Waals surface area contributed by atoms with Crippen LogP contribution in [0.2, 0.25) is 5.02 Å². The molecule has 0 aromatic heterocycles. The van der Waals surface area contributed by atoms with Crippen molar-refractivity contribution in [3.05, 3.63) is 88.4 Å². The molecule has 0 saturated carbocycles. The Morgan fingerprint density at radius 1 is 0.885 bits per heavy atom. The van der Waals surface area contributed by atoms with E-state index in [1.807, 2.05) is 54.6 Å². The van der Waals surface area contributed by atoms with E-state index in [0.29, 0.717) is 6.61 Å². The monoisotopic (exact) mass is 367 g/mol. The maximum absolute atomic E-state index is 5.91. The number of nitrogens with one attached hydrogen (secondary N) is 1. The second-order valence-corrected chi connectivity index (χ2v) is 6.51. The molecule has 0 fully saturated rings. The van der Waals surface area contributed by atoms with E-state index in [4.69, 9.17) is 21.1 Å². The summed E-state index contributed by atoms with van der Waals surface area (Å²) in [4.78, 5) is 0. The van der Waals surface area contributed by atoms with Crippen molar-refractivity contribution in [2.24, 2.45) is 0 Å². The molecule has 0 aliphatic rings. The number of hydrogen-bond acceptors (Lipinski definition) is 3. The maximum atomic E-state index is 5.91. The lowest BCUT2D eigenvalue weighted by Gasteiger charge is -2.14. The zero-order valence-electron chi connectivity index (χ0n) is 15.0. The third-order valence-corrected chi connectivity index (χ3v) is 4.42. The molecule has 0 unspecified atom stereocenters. The maximum Gasteiger partial charge on any atom is 0.161 e. The van der Waals surface area contributed by atoms with E-state index in [9.17, 15) is 0 Å². The number of methoxy groups -OCH3 is 1. The molecule has 4 heteroatoms. The van der Waals surface area contributed by atoms with Crippen molar-refractivity contribution in [1.29, 1.82) is 0 Å². The topological polar surface area (TPSA) is 30.5 Å². The molecule has 0 radical (unpaired) electrons. The van der Waals surface area contributed by atoms with Crippen LogP contribution >= 0.6 is 11.6 Å². The van der Waals surface area contributed by atoms with Crippen molar-refractivity contribution >= 4 is 17.3 Å². The van der Waals surface area contributed by atoms with Gasteiger partial charge in [-0.05, 0) is 53.9 Å². The molecule has 134 valence electrons. The number of aryl methyl sites for hydroxylation is 1. The van der Waals surface area contributed by atoms with E-state index in [1.165, 1.54) is 5.56 Å². The first-order valence-corrected chi connectivity index (χ1v) is 8.87. The Bertz CT molecular complexity index is 862. The normalized spacial score (nSPS) is 10.4. The molecule has 1 N–H and O–H groups in total. The standard InChI is InChI=1S/C22H22ClNO2/c1-16-5-3-4-6-20(16)24-14-18-9-12-21(22(13-18)25-2)26-15-17-7-10-19(23)11-8-17/h3-13,24H,14-15H2,1-2H3. The van der Waals surface area contributed by atoms with Gasteiger partial charge in [-0.25, -0.2) is 0 Å². The fraction of sp³-hybridized carbons (Fsp3) is 0.182. The highest BCUT2D eigenvalue weighted by Crippen LogP contribution is 2.29. The summed E-state index contributed by atoms with van der Waals surface area (Å²) >= 11 is 5.91. The molecule has 26 heavy (non-hydrogen) atoms. The van der Waals surface area contributed by atoms with Gasteiger partial charge in [-0.1, -0.05) is 48.0 Å². The molecule has 3 nitrogen and oxygen atoms in total. The largest absolute Gasteiger partial charge is 0.493 e. The lowest BCUT2D eigenvalue weighted by molar-refractivity contribution is 0.284. The molecule has 0 atom stereocenters. The summed E-state index contributed by atoms with van der Waals surface area (Å²) in [5, 5.41) is 4.17. The van der Waals surface area contributed by atoms with Crippen molar-refractivity contribution < 1.29 is 9.47 Å². The molecule has 0 heterocycles. The van der Waals surface area contributed by atoms with Gasteiger partial charge in [0, 0.05) is 17.3 Å². The highest BCUT2D eigenvalue weighted by atomic mass is 35.5. The van der Waals surface area contributed by atoms with Gasteiger partial charge in [0.25, 0.3) is 0 Å². The van der Waals surface area contributed by atoms with Gasteiger partial charge in [-0.15, -0.1) is 0 Å². The minimum Gasteiger partial charge on any atom is -0.493 e. The smallest absolute Gasteiger partial charge is 0.161 e. The summed E-state index contributed by atoms with van der Waals surface area (Å²) in [7, 11) is 1.66. The third-order valence-electron chi connectivity index (χ3n) is 4.16. The Morgan fingerprint density at radius 2 is 1.62 bits per heavy atom. The van der Waals surface area contributed by atoms with Gasteiger partial charge < -0.3 is 14.8 Å². The molecular weight excluding hydrogens is 346 g/mol. The lowest BCUT2D eigenvalue weighted by Crippen LogP contribution is -2.02. The van der Waals surface area contributed by atoms with Crippen molar-refractivity contribution in [3.8, 4) is 11.5 Å². The first-order valence-electron chi connectivity index (χ1n) is 8.49. The molecule has 0 saturated heterocycles. The summed E-state index contributed by atoms with van der Waals surface area (Å²) in [6, 6.07) is 21.9. The predicted octanol–water partition coefficient (Wildman–Crippen LogP) is 5.85. The molecule has 0 spiro atoms. The van der Waals surface area contributed by atoms with E-state index in [0.717, 1.165) is 39.9 Å². The molecule has 0 amide bonds. The fourth-order valence-electron chi connectivity index (χ4n) is 2.65. The van der Waals surface area contributed by atoms with E-state index < -0.39 is 0 Å². The van der Waals surface area contributed by atoms with Gasteiger partial charge in [-0.3, -0.25) is 0 Å². The summed E-state index contributed by atoms with van der Waals surface area (Å²) in [5.41, 5.74) is 4.54. The Kier molecular flexibility index (Phi) is 6.03. The summed E-state index contributed by atoms with van der Waals surface area (Å²) in [5.74, 6) is 1.45. The molecular formula is C22H22ClNO2. The van der Waals surface area contributed by atoms with Crippen molar-refractivity contribution in [2.45, 2.75) is 20.1 Å². The van der Waals surface area contributed by atoms with Crippen LogP contribution in [0.1, 0.15) is 16.7 Å². The summed E-state index contributed by atoms with van der Waals surface area (Å²) in [6.45, 7) is 3.28.